The largest absolute Gasteiger partial charge is 0.481 e. The SMILES string of the molecule is CCCCCCCCN=C1NC(C)(C)NC(CC(=O)O)(NCCCCCCC)N1. The van der Waals surface area contributed by atoms with E-state index < -0.39 is 17.4 Å². The Morgan fingerprint density at radius 2 is 1.52 bits per heavy atom. The van der Waals surface area contributed by atoms with E-state index >= 15 is 0 Å². The first kappa shape index (κ1) is 25.7. The first-order chi connectivity index (χ1) is 13.8. The minimum atomic E-state index is -0.898. The third kappa shape index (κ3) is 11.4. The summed E-state index contributed by atoms with van der Waals surface area (Å²) in [7, 11) is 0. The highest BCUT2D eigenvalue weighted by Crippen LogP contribution is 2.15. The molecule has 1 saturated heterocycles. The molecule has 0 aliphatic carbocycles. The molecule has 7 heteroatoms. The van der Waals surface area contributed by atoms with Gasteiger partial charge >= 0.3 is 5.97 Å². The van der Waals surface area contributed by atoms with E-state index in [1.165, 1.54) is 51.4 Å². The smallest absolute Gasteiger partial charge is 0.308 e. The summed E-state index contributed by atoms with van der Waals surface area (Å²) >= 11 is 0. The molecule has 170 valence electrons. The summed E-state index contributed by atoms with van der Waals surface area (Å²) in [5.74, 6) is -1.08. The quantitative estimate of drug-likeness (QED) is 0.247. The van der Waals surface area contributed by atoms with Gasteiger partial charge in [0.1, 0.15) is 0 Å². The van der Waals surface area contributed by atoms with Crippen LogP contribution in [0.3, 0.4) is 0 Å². The summed E-state index contributed by atoms with van der Waals surface area (Å²) in [6.07, 6.45) is 13.2. The van der Waals surface area contributed by atoms with Crippen molar-refractivity contribution in [3.63, 3.8) is 0 Å². The van der Waals surface area contributed by atoms with Crippen molar-refractivity contribution in [1.29, 1.82) is 0 Å². The molecule has 1 atom stereocenters. The molecule has 0 aromatic rings. The van der Waals surface area contributed by atoms with Crippen LogP contribution in [0.25, 0.3) is 0 Å². The zero-order valence-electron chi connectivity index (χ0n) is 19.2. The topological polar surface area (TPSA) is 97.8 Å². The van der Waals surface area contributed by atoms with Crippen molar-refractivity contribution in [2.75, 3.05) is 13.1 Å². The Morgan fingerprint density at radius 3 is 2.14 bits per heavy atom. The number of hydrogen-bond acceptors (Lipinski definition) is 4. The van der Waals surface area contributed by atoms with Crippen LogP contribution in [0.1, 0.15) is 105 Å². The van der Waals surface area contributed by atoms with Crippen molar-refractivity contribution in [2.45, 2.75) is 116 Å². The second-order valence-corrected chi connectivity index (χ2v) is 8.81. The van der Waals surface area contributed by atoms with E-state index in [0.717, 1.165) is 32.4 Å². The van der Waals surface area contributed by atoms with Gasteiger partial charge in [-0.2, -0.15) is 0 Å². The van der Waals surface area contributed by atoms with Crippen LogP contribution in [-0.2, 0) is 4.79 Å². The predicted octanol–water partition coefficient (Wildman–Crippen LogP) is 3.91. The van der Waals surface area contributed by atoms with Gasteiger partial charge < -0.3 is 15.7 Å². The lowest BCUT2D eigenvalue weighted by atomic mass is 10.1. The monoisotopic (exact) mass is 411 g/mol. The molecule has 1 aliphatic rings. The first-order valence-electron chi connectivity index (χ1n) is 11.7. The van der Waals surface area contributed by atoms with Crippen LogP contribution in [0.15, 0.2) is 4.99 Å². The maximum atomic E-state index is 11.6. The molecular formula is C22H45N5O2. The second-order valence-electron chi connectivity index (χ2n) is 8.81. The third-order valence-corrected chi connectivity index (χ3v) is 5.19. The Bertz CT molecular complexity index is 496. The van der Waals surface area contributed by atoms with E-state index in [9.17, 15) is 9.90 Å². The minimum Gasteiger partial charge on any atom is -0.481 e. The average molecular weight is 412 g/mol. The number of rotatable bonds is 16. The molecule has 1 aliphatic heterocycles. The van der Waals surface area contributed by atoms with E-state index in [-0.39, 0.29) is 6.42 Å². The van der Waals surface area contributed by atoms with E-state index in [1.807, 2.05) is 13.8 Å². The lowest BCUT2D eigenvalue weighted by molar-refractivity contribution is -0.139. The van der Waals surface area contributed by atoms with Crippen LogP contribution in [0, 0.1) is 0 Å². The van der Waals surface area contributed by atoms with Crippen molar-refractivity contribution in [1.82, 2.24) is 21.3 Å². The number of nitrogens with one attached hydrogen (secondary N) is 4. The highest BCUT2D eigenvalue weighted by atomic mass is 16.4. The van der Waals surface area contributed by atoms with Crippen LogP contribution in [0.4, 0.5) is 0 Å². The fourth-order valence-corrected chi connectivity index (χ4v) is 3.78. The summed E-state index contributed by atoms with van der Waals surface area (Å²) in [4.78, 5) is 16.3. The first-order valence-corrected chi connectivity index (χ1v) is 11.7. The van der Waals surface area contributed by atoms with Gasteiger partial charge in [-0.1, -0.05) is 71.6 Å². The summed E-state index contributed by atoms with van der Waals surface area (Å²) in [6, 6.07) is 0. The second kappa shape index (κ2) is 13.8. The highest BCUT2D eigenvalue weighted by molar-refractivity contribution is 5.83. The Morgan fingerprint density at radius 1 is 0.931 bits per heavy atom. The molecule has 0 radical (unpaired) electrons. The van der Waals surface area contributed by atoms with Gasteiger partial charge in [0.2, 0.25) is 0 Å². The minimum absolute atomic E-state index is 0.0664. The van der Waals surface area contributed by atoms with E-state index in [0.29, 0.717) is 5.96 Å². The molecule has 0 spiro atoms. The number of hydrogen-bond donors (Lipinski definition) is 5. The number of nitrogens with zero attached hydrogens (tertiary/aromatic N) is 1. The number of guanidine groups is 1. The predicted molar refractivity (Wildman–Crippen MR) is 121 cm³/mol. The van der Waals surface area contributed by atoms with Gasteiger partial charge in [-0.3, -0.25) is 20.4 Å². The Kier molecular flexibility index (Phi) is 12.2. The maximum absolute atomic E-state index is 11.6. The number of unbranched alkanes of at least 4 members (excludes halogenated alkanes) is 9. The molecule has 0 aromatic heterocycles. The normalized spacial score (nSPS) is 22.3. The van der Waals surface area contributed by atoms with Crippen molar-refractivity contribution >= 4 is 11.9 Å². The summed E-state index contributed by atoms with van der Waals surface area (Å²) in [5.41, 5.74) is -0.462. The number of aliphatic imine (C=N–C) groups is 1. The molecule has 1 fully saturated rings. The average Bonchev–Trinajstić information content (AvgIpc) is 2.62. The summed E-state index contributed by atoms with van der Waals surface area (Å²) < 4.78 is 0. The van der Waals surface area contributed by atoms with Gasteiger partial charge in [-0.25, -0.2) is 0 Å². The van der Waals surface area contributed by atoms with Gasteiger partial charge in [0.15, 0.2) is 11.7 Å². The molecule has 0 aromatic carbocycles. The van der Waals surface area contributed by atoms with E-state index in [1.54, 1.807) is 0 Å². The number of carboxylic acids is 1. The Balaban J connectivity index is 2.63. The fraction of sp³-hybridized carbons (Fsp3) is 0.909. The van der Waals surface area contributed by atoms with Gasteiger partial charge in [-0.15, -0.1) is 0 Å². The summed E-state index contributed by atoms with van der Waals surface area (Å²) in [5, 5.41) is 23.0. The van der Waals surface area contributed by atoms with Crippen molar-refractivity contribution in [2.24, 2.45) is 4.99 Å². The Hall–Kier alpha value is -1.34. The van der Waals surface area contributed by atoms with Crippen LogP contribution < -0.4 is 21.3 Å². The number of carboxylic acid groups (broad SMARTS) is 1. The third-order valence-electron chi connectivity index (χ3n) is 5.19. The zero-order chi connectivity index (χ0) is 21.6. The van der Waals surface area contributed by atoms with Gasteiger partial charge in [0.25, 0.3) is 0 Å². The van der Waals surface area contributed by atoms with Crippen molar-refractivity contribution in [3.05, 3.63) is 0 Å². The number of aliphatic carboxylic acids is 1. The summed E-state index contributed by atoms with van der Waals surface area (Å²) in [6.45, 7) is 9.96. The van der Waals surface area contributed by atoms with Crippen LogP contribution >= 0.6 is 0 Å². The fourth-order valence-electron chi connectivity index (χ4n) is 3.78. The standard InChI is InChI=1S/C22H45N5O2/c1-5-7-9-11-13-14-16-23-20-25-21(3,4)27-22(26-20,18-19(28)29)24-17-15-12-10-8-6-2/h24,27H,5-18H2,1-4H3,(H,28,29)(H2,23,25,26). The van der Waals surface area contributed by atoms with Gasteiger partial charge in [-0.05, 0) is 33.2 Å². The molecule has 29 heavy (non-hydrogen) atoms. The molecule has 7 nitrogen and oxygen atoms in total. The highest BCUT2D eigenvalue weighted by Gasteiger charge is 2.42. The molecule has 1 rings (SSSR count). The maximum Gasteiger partial charge on any atom is 0.308 e. The van der Waals surface area contributed by atoms with E-state index in [4.69, 9.17) is 0 Å². The molecule has 0 saturated carbocycles. The lowest BCUT2D eigenvalue weighted by Crippen LogP contribution is -2.82. The molecule has 5 N–H and O–H groups in total. The van der Waals surface area contributed by atoms with E-state index in [2.05, 4.69) is 40.1 Å². The zero-order valence-corrected chi connectivity index (χ0v) is 19.2. The number of carbonyl (C=O) groups is 1. The van der Waals surface area contributed by atoms with Gasteiger partial charge in [0.05, 0.1) is 12.1 Å². The molecule has 1 unspecified atom stereocenters. The van der Waals surface area contributed by atoms with Crippen molar-refractivity contribution in [3.8, 4) is 0 Å². The van der Waals surface area contributed by atoms with Crippen LogP contribution in [0.5, 0.6) is 0 Å². The van der Waals surface area contributed by atoms with Crippen molar-refractivity contribution < 1.29 is 9.90 Å². The van der Waals surface area contributed by atoms with Crippen LogP contribution in [0.2, 0.25) is 0 Å². The van der Waals surface area contributed by atoms with Crippen LogP contribution in [-0.4, -0.2) is 41.6 Å². The molecular weight excluding hydrogens is 366 g/mol. The molecule has 0 amide bonds. The molecule has 0 bridgehead atoms. The molecule has 1 heterocycles. The lowest BCUT2D eigenvalue weighted by Gasteiger charge is -2.48. The Labute approximate surface area is 177 Å². The van der Waals surface area contributed by atoms with Gasteiger partial charge in [0, 0.05) is 6.54 Å².